The van der Waals surface area contributed by atoms with E-state index in [9.17, 15) is 9.59 Å². The quantitative estimate of drug-likeness (QED) is 0.452. The molecule has 1 fully saturated rings. The van der Waals surface area contributed by atoms with Gasteiger partial charge in [0.2, 0.25) is 0 Å². The van der Waals surface area contributed by atoms with Crippen LogP contribution in [0, 0.1) is 5.92 Å². The minimum Gasteiger partial charge on any atom is -0.352 e. The van der Waals surface area contributed by atoms with Crippen LogP contribution in [0.25, 0.3) is 0 Å². The average molecular weight is 481 g/mol. The van der Waals surface area contributed by atoms with Crippen molar-refractivity contribution in [1.29, 1.82) is 0 Å². The minimum absolute atomic E-state index is 0.0562. The molecule has 0 saturated carbocycles. The SMILES string of the molecule is O=C(NCCc1ccccc1)c1cccc2c1CCC(CCN1CCC(c3ccccc3)CC1)C2=O. The summed E-state index contributed by atoms with van der Waals surface area (Å²) in [5, 5.41) is 3.05. The van der Waals surface area contributed by atoms with Crippen LogP contribution in [-0.4, -0.2) is 42.8 Å². The number of hydrogen-bond donors (Lipinski definition) is 1. The van der Waals surface area contributed by atoms with Gasteiger partial charge in [0.05, 0.1) is 0 Å². The third-order valence-electron chi connectivity index (χ3n) is 7.99. The van der Waals surface area contributed by atoms with Gasteiger partial charge in [0.1, 0.15) is 0 Å². The number of nitrogens with one attached hydrogen (secondary N) is 1. The van der Waals surface area contributed by atoms with Gasteiger partial charge in [0.25, 0.3) is 5.91 Å². The van der Waals surface area contributed by atoms with Gasteiger partial charge < -0.3 is 10.2 Å². The monoisotopic (exact) mass is 480 g/mol. The van der Waals surface area contributed by atoms with E-state index >= 15 is 0 Å². The first-order valence-electron chi connectivity index (χ1n) is 13.4. The molecule has 1 heterocycles. The Morgan fingerprint density at radius 3 is 2.33 bits per heavy atom. The number of carbonyl (C=O) groups excluding carboxylic acids is 2. The molecular weight excluding hydrogens is 444 g/mol. The predicted octanol–water partition coefficient (Wildman–Crippen LogP) is 5.67. The van der Waals surface area contributed by atoms with E-state index in [0.717, 1.165) is 56.4 Å². The second-order valence-electron chi connectivity index (χ2n) is 10.2. The lowest BCUT2D eigenvalue weighted by Gasteiger charge is -2.33. The van der Waals surface area contributed by atoms with E-state index in [2.05, 4.69) is 52.7 Å². The molecule has 0 spiro atoms. The van der Waals surface area contributed by atoms with Crippen LogP contribution in [0.15, 0.2) is 78.9 Å². The van der Waals surface area contributed by atoms with Crippen molar-refractivity contribution in [3.8, 4) is 0 Å². The highest BCUT2D eigenvalue weighted by Gasteiger charge is 2.30. The van der Waals surface area contributed by atoms with Crippen LogP contribution in [0.2, 0.25) is 0 Å². The third-order valence-corrected chi connectivity index (χ3v) is 7.99. The molecule has 1 aliphatic carbocycles. The smallest absolute Gasteiger partial charge is 0.251 e. The van der Waals surface area contributed by atoms with Gasteiger partial charge in [-0.1, -0.05) is 72.8 Å². The molecule has 1 saturated heterocycles. The van der Waals surface area contributed by atoms with Gasteiger partial charge in [-0.2, -0.15) is 0 Å². The lowest BCUT2D eigenvalue weighted by molar-refractivity contribution is 0.0877. The summed E-state index contributed by atoms with van der Waals surface area (Å²) < 4.78 is 0. The van der Waals surface area contributed by atoms with Gasteiger partial charge in [-0.3, -0.25) is 9.59 Å². The lowest BCUT2D eigenvalue weighted by atomic mass is 9.79. The number of amides is 1. The number of hydrogen-bond acceptors (Lipinski definition) is 3. The van der Waals surface area contributed by atoms with Gasteiger partial charge in [0.15, 0.2) is 5.78 Å². The summed E-state index contributed by atoms with van der Waals surface area (Å²) in [5.41, 5.74) is 5.01. The van der Waals surface area contributed by atoms with Gasteiger partial charge in [-0.15, -0.1) is 0 Å². The van der Waals surface area contributed by atoms with Crippen molar-refractivity contribution in [2.45, 2.75) is 44.4 Å². The average Bonchev–Trinajstić information content (AvgIpc) is 2.94. The number of piperidine rings is 1. The second-order valence-corrected chi connectivity index (χ2v) is 10.2. The van der Waals surface area contributed by atoms with Crippen LogP contribution in [0.3, 0.4) is 0 Å². The Labute approximate surface area is 214 Å². The van der Waals surface area contributed by atoms with E-state index in [1.807, 2.05) is 36.4 Å². The summed E-state index contributed by atoms with van der Waals surface area (Å²) in [6.07, 6.45) is 5.71. The highest BCUT2D eigenvalue weighted by molar-refractivity contribution is 6.04. The molecule has 2 aliphatic rings. The summed E-state index contributed by atoms with van der Waals surface area (Å²) in [7, 11) is 0. The lowest BCUT2D eigenvalue weighted by Crippen LogP contribution is -2.36. The van der Waals surface area contributed by atoms with Crippen molar-refractivity contribution in [2.75, 3.05) is 26.2 Å². The van der Waals surface area contributed by atoms with Crippen molar-refractivity contribution in [3.05, 3.63) is 107 Å². The summed E-state index contributed by atoms with van der Waals surface area (Å²) in [6.45, 7) is 3.77. The normalized spacial score (nSPS) is 18.6. The summed E-state index contributed by atoms with van der Waals surface area (Å²) in [4.78, 5) is 28.8. The fraction of sp³-hybridized carbons (Fsp3) is 0.375. The first-order valence-corrected chi connectivity index (χ1v) is 13.4. The Bertz CT molecular complexity index is 1170. The van der Waals surface area contributed by atoms with Crippen molar-refractivity contribution < 1.29 is 9.59 Å². The maximum absolute atomic E-state index is 13.4. The molecule has 0 radical (unpaired) electrons. The Balaban J connectivity index is 1.13. The molecule has 5 rings (SSSR count). The molecule has 3 aromatic carbocycles. The van der Waals surface area contributed by atoms with Crippen molar-refractivity contribution in [3.63, 3.8) is 0 Å². The number of ketones is 1. The van der Waals surface area contributed by atoms with E-state index in [4.69, 9.17) is 0 Å². The molecule has 0 bridgehead atoms. The van der Waals surface area contributed by atoms with Crippen molar-refractivity contribution in [1.82, 2.24) is 10.2 Å². The maximum Gasteiger partial charge on any atom is 0.251 e. The molecule has 4 nitrogen and oxygen atoms in total. The highest BCUT2D eigenvalue weighted by atomic mass is 16.1. The summed E-state index contributed by atoms with van der Waals surface area (Å²) in [6, 6.07) is 26.6. The Hall–Kier alpha value is -3.24. The molecular formula is C32H36N2O2. The molecule has 0 aromatic heterocycles. The van der Waals surface area contributed by atoms with Gasteiger partial charge >= 0.3 is 0 Å². The topological polar surface area (TPSA) is 49.4 Å². The van der Waals surface area contributed by atoms with Crippen LogP contribution in [0.1, 0.15) is 69.0 Å². The molecule has 1 aliphatic heterocycles. The second kappa shape index (κ2) is 11.7. The zero-order valence-corrected chi connectivity index (χ0v) is 21.0. The first kappa shape index (κ1) is 24.5. The first-order chi connectivity index (χ1) is 17.7. The molecule has 4 heteroatoms. The van der Waals surface area contributed by atoms with Gasteiger partial charge in [-0.25, -0.2) is 0 Å². The number of fused-ring (bicyclic) bond motifs is 1. The Morgan fingerprint density at radius 1 is 0.861 bits per heavy atom. The zero-order valence-electron chi connectivity index (χ0n) is 21.0. The highest BCUT2D eigenvalue weighted by Crippen LogP contribution is 2.32. The number of carbonyl (C=O) groups is 2. The van der Waals surface area contributed by atoms with Crippen LogP contribution in [-0.2, 0) is 12.8 Å². The molecule has 1 atom stereocenters. The molecule has 3 aromatic rings. The van der Waals surface area contributed by atoms with E-state index in [0.29, 0.717) is 18.0 Å². The molecule has 186 valence electrons. The van der Waals surface area contributed by atoms with Crippen LogP contribution in [0.4, 0.5) is 0 Å². The number of nitrogens with zero attached hydrogens (tertiary/aromatic N) is 1. The fourth-order valence-electron chi connectivity index (χ4n) is 5.86. The maximum atomic E-state index is 13.4. The van der Waals surface area contributed by atoms with Crippen LogP contribution in [0.5, 0.6) is 0 Å². The Kier molecular flexibility index (Phi) is 7.92. The van der Waals surface area contributed by atoms with Crippen molar-refractivity contribution in [2.24, 2.45) is 5.92 Å². The van der Waals surface area contributed by atoms with E-state index in [1.165, 1.54) is 24.0 Å². The molecule has 1 unspecified atom stereocenters. The van der Waals surface area contributed by atoms with Gasteiger partial charge in [0, 0.05) is 23.6 Å². The summed E-state index contributed by atoms with van der Waals surface area (Å²) >= 11 is 0. The Morgan fingerprint density at radius 2 is 1.58 bits per heavy atom. The standard InChI is InChI=1S/C32H36N2O2/c35-31-27(19-23-34-21-17-26(18-22-34)25-10-5-2-6-11-25)14-15-28-29(31)12-7-13-30(28)32(36)33-20-16-24-8-3-1-4-9-24/h1-13,26-27H,14-23H2,(H,33,36). The molecule has 1 amide bonds. The van der Waals surface area contributed by atoms with Crippen LogP contribution >= 0.6 is 0 Å². The third kappa shape index (κ3) is 5.76. The van der Waals surface area contributed by atoms with Gasteiger partial charge in [-0.05, 0) is 86.8 Å². The largest absolute Gasteiger partial charge is 0.352 e. The molecule has 1 N–H and O–H groups in total. The van der Waals surface area contributed by atoms with Crippen LogP contribution < -0.4 is 5.32 Å². The fourth-order valence-corrected chi connectivity index (χ4v) is 5.86. The molecule has 36 heavy (non-hydrogen) atoms. The van der Waals surface area contributed by atoms with E-state index in [-0.39, 0.29) is 17.6 Å². The number of Topliss-reactive ketones (excluding diaryl/α,β-unsaturated/α-hetero) is 1. The number of benzene rings is 3. The predicted molar refractivity (Wildman–Crippen MR) is 145 cm³/mol. The summed E-state index contributed by atoms with van der Waals surface area (Å²) in [5.74, 6) is 0.855. The minimum atomic E-state index is -0.0738. The van der Waals surface area contributed by atoms with E-state index < -0.39 is 0 Å². The van der Waals surface area contributed by atoms with E-state index in [1.54, 1.807) is 0 Å². The number of rotatable bonds is 8. The van der Waals surface area contributed by atoms with Crippen molar-refractivity contribution >= 4 is 11.7 Å². The zero-order chi connectivity index (χ0) is 24.7. The number of likely N-dealkylation sites (tertiary alicyclic amines) is 1.